The lowest BCUT2D eigenvalue weighted by atomic mass is 10.1. The Morgan fingerprint density at radius 3 is 2.70 bits per heavy atom. The molecule has 0 spiro atoms. The van der Waals surface area contributed by atoms with E-state index < -0.39 is 5.97 Å². The average Bonchev–Trinajstić information content (AvgIpc) is 3.17. The van der Waals surface area contributed by atoms with Crippen LogP contribution in [0.25, 0.3) is 0 Å². The molecule has 3 nitrogen and oxygen atoms in total. The Bertz CT molecular complexity index is 590. The zero-order chi connectivity index (χ0) is 13.9. The fourth-order valence-corrected chi connectivity index (χ4v) is 3.12. The lowest BCUT2D eigenvalue weighted by Crippen LogP contribution is -2.25. The van der Waals surface area contributed by atoms with Gasteiger partial charge in [0.1, 0.15) is 0 Å². The molecular weight excluding hydrogens is 270 g/mol. The second-order valence-corrected chi connectivity index (χ2v) is 6.01. The van der Waals surface area contributed by atoms with Crippen LogP contribution >= 0.6 is 11.3 Å². The summed E-state index contributed by atoms with van der Waals surface area (Å²) in [6.45, 7) is 1.62. The molecule has 3 rings (SSSR count). The van der Waals surface area contributed by atoms with Gasteiger partial charge in [-0.05, 0) is 46.9 Å². The zero-order valence-corrected chi connectivity index (χ0v) is 12.0. The molecule has 104 valence electrons. The molecule has 1 saturated carbocycles. The minimum Gasteiger partial charge on any atom is -0.478 e. The van der Waals surface area contributed by atoms with Crippen molar-refractivity contribution < 1.29 is 9.90 Å². The Balaban J connectivity index is 1.78. The first-order valence-corrected chi connectivity index (χ1v) is 7.74. The number of carbonyl (C=O) groups is 1. The summed E-state index contributed by atoms with van der Waals surface area (Å²) in [5, 5.41) is 13.5. The van der Waals surface area contributed by atoms with Crippen LogP contribution in [0.15, 0.2) is 41.1 Å². The Labute approximate surface area is 122 Å². The van der Waals surface area contributed by atoms with Crippen molar-refractivity contribution in [1.29, 1.82) is 0 Å². The fraction of sp³-hybridized carbons (Fsp3) is 0.312. The number of carboxylic acid groups (broad SMARTS) is 1. The fourth-order valence-electron chi connectivity index (χ4n) is 2.46. The van der Waals surface area contributed by atoms with E-state index in [0.29, 0.717) is 18.2 Å². The molecule has 0 saturated heterocycles. The molecular formula is C16H17NO2S. The van der Waals surface area contributed by atoms with Crippen molar-refractivity contribution >= 4 is 17.3 Å². The van der Waals surface area contributed by atoms with Crippen molar-refractivity contribution in [2.24, 2.45) is 0 Å². The van der Waals surface area contributed by atoms with E-state index in [1.54, 1.807) is 23.5 Å². The van der Waals surface area contributed by atoms with Gasteiger partial charge in [0.25, 0.3) is 0 Å². The highest BCUT2D eigenvalue weighted by Gasteiger charge is 2.29. The minimum absolute atomic E-state index is 0.420. The predicted octanol–water partition coefficient (Wildman–Crippen LogP) is 3.61. The summed E-state index contributed by atoms with van der Waals surface area (Å²) in [6.07, 6.45) is 2.44. The summed E-state index contributed by atoms with van der Waals surface area (Å²) in [4.78, 5) is 13.7. The van der Waals surface area contributed by atoms with Crippen LogP contribution in [0.4, 0.5) is 0 Å². The number of rotatable bonds is 6. The number of nitrogens with zero attached hydrogens (tertiary/aromatic N) is 1. The van der Waals surface area contributed by atoms with Crippen molar-refractivity contribution in [2.45, 2.75) is 32.0 Å². The Kier molecular flexibility index (Phi) is 3.85. The van der Waals surface area contributed by atoms with E-state index in [0.717, 1.165) is 12.1 Å². The average molecular weight is 287 g/mol. The normalized spacial score (nSPS) is 14.7. The summed E-state index contributed by atoms with van der Waals surface area (Å²) in [5.74, 6) is -0.841. The van der Waals surface area contributed by atoms with E-state index in [9.17, 15) is 9.90 Å². The molecule has 0 aliphatic heterocycles. The summed E-state index contributed by atoms with van der Waals surface area (Å²) < 4.78 is 0. The molecule has 4 heteroatoms. The molecule has 1 aromatic heterocycles. The zero-order valence-electron chi connectivity index (χ0n) is 11.2. The summed E-state index contributed by atoms with van der Waals surface area (Å²) in [6, 6.07) is 10.1. The van der Waals surface area contributed by atoms with Crippen LogP contribution in [-0.2, 0) is 13.1 Å². The largest absolute Gasteiger partial charge is 0.478 e. The first-order valence-electron chi connectivity index (χ1n) is 6.80. The van der Waals surface area contributed by atoms with Gasteiger partial charge < -0.3 is 5.11 Å². The van der Waals surface area contributed by atoms with Gasteiger partial charge in [0.05, 0.1) is 5.56 Å². The monoisotopic (exact) mass is 287 g/mol. The molecule has 0 amide bonds. The van der Waals surface area contributed by atoms with Gasteiger partial charge in [-0.15, -0.1) is 0 Å². The lowest BCUT2D eigenvalue weighted by Gasteiger charge is -2.22. The molecule has 0 bridgehead atoms. The van der Waals surface area contributed by atoms with Crippen LogP contribution < -0.4 is 0 Å². The molecule has 1 heterocycles. The number of aromatic carboxylic acids is 1. The second kappa shape index (κ2) is 5.77. The van der Waals surface area contributed by atoms with Crippen LogP contribution in [0.1, 0.15) is 34.3 Å². The van der Waals surface area contributed by atoms with Gasteiger partial charge in [-0.25, -0.2) is 4.79 Å². The smallest absolute Gasteiger partial charge is 0.336 e. The molecule has 2 aromatic rings. The summed E-state index contributed by atoms with van der Waals surface area (Å²) in [5.41, 5.74) is 2.64. The number of benzene rings is 1. The van der Waals surface area contributed by atoms with Crippen molar-refractivity contribution in [1.82, 2.24) is 4.90 Å². The van der Waals surface area contributed by atoms with E-state index in [-0.39, 0.29) is 0 Å². The maximum atomic E-state index is 11.3. The Morgan fingerprint density at radius 2 is 2.05 bits per heavy atom. The topological polar surface area (TPSA) is 40.5 Å². The first kappa shape index (κ1) is 13.3. The van der Waals surface area contributed by atoms with E-state index in [4.69, 9.17) is 0 Å². The van der Waals surface area contributed by atoms with E-state index in [1.807, 2.05) is 12.1 Å². The van der Waals surface area contributed by atoms with Gasteiger partial charge in [-0.2, -0.15) is 11.3 Å². The highest BCUT2D eigenvalue weighted by atomic mass is 32.1. The van der Waals surface area contributed by atoms with Gasteiger partial charge >= 0.3 is 5.97 Å². The lowest BCUT2D eigenvalue weighted by molar-refractivity contribution is 0.0694. The molecule has 0 radical (unpaired) electrons. The van der Waals surface area contributed by atoms with E-state index in [1.165, 1.54) is 18.4 Å². The van der Waals surface area contributed by atoms with Crippen LogP contribution in [0.2, 0.25) is 0 Å². The SMILES string of the molecule is O=C(O)c1ccccc1CN(Cc1ccsc1)C1CC1. The maximum Gasteiger partial charge on any atom is 0.336 e. The van der Waals surface area contributed by atoms with E-state index in [2.05, 4.69) is 21.7 Å². The molecule has 1 fully saturated rings. The van der Waals surface area contributed by atoms with Gasteiger partial charge in [-0.1, -0.05) is 18.2 Å². The van der Waals surface area contributed by atoms with Crippen LogP contribution in [0, 0.1) is 0 Å². The molecule has 1 aliphatic carbocycles. The van der Waals surface area contributed by atoms with Crippen molar-refractivity contribution in [2.75, 3.05) is 0 Å². The van der Waals surface area contributed by atoms with Crippen LogP contribution in [-0.4, -0.2) is 22.0 Å². The second-order valence-electron chi connectivity index (χ2n) is 5.23. The van der Waals surface area contributed by atoms with Crippen molar-refractivity contribution in [3.63, 3.8) is 0 Å². The minimum atomic E-state index is -0.841. The molecule has 0 unspecified atom stereocenters. The van der Waals surface area contributed by atoms with Gasteiger partial charge in [0.15, 0.2) is 0 Å². The third-order valence-electron chi connectivity index (χ3n) is 3.65. The van der Waals surface area contributed by atoms with Crippen molar-refractivity contribution in [3.8, 4) is 0 Å². The number of carboxylic acids is 1. The number of hydrogen-bond donors (Lipinski definition) is 1. The van der Waals surface area contributed by atoms with Crippen LogP contribution in [0.3, 0.4) is 0 Å². The molecule has 1 aliphatic rings. The van der Waals surface area contributed by atoms with Gasteiger partial charge in [0, 0.05) is 19.1 Å². The molecule has 1 N–H and O–H groups in total. The van der Waals surface area contributed by atoms with Crippen molar-refractivity contribution in [3.05, 3.63) is 57.8 Å². The molecule has 0 atom stereocenters. The number of hydrogen-bond acceptors (Lipinski definition) is 3. The highest BCUT2D eigenvalue weighted by Crippen LogP contribution is 2.30. The Hall–Kier alpha value is -1.65. The maximum absolute atomic E-state index is 11.3. The Morgan fingerprint density at radius 1 is 1.25 bits per heavy atom. The highest BCUT2D eigenvalue weighted by molar-refractivity contribution is 7.07. The summed E-state index contributed by atoms with van der Waals surface area (Å²) in [7, 11) is 0. The van der Waals surface area contributed by atoms with Crippen LogP contribution in [0.5, 0.6) is 0 Å². The molecule has 1 aromatic carbocycles. The number of thiophene rings is 1. The first-order chi connectivity index (χ1) is 9.74. The predicted molar refractivity (Wildman–Crippen MR) is 80.0 cm³/mol. The van der Waals surface area contributed by atoms with E-state index >= 15 is 0 Å². The van der Waals surface area contributed by atoms with Gasteiger partial charge in [-0.3, -0.25) is 4.90 Å². The summed E-state index contributed by atoms with van der Waals surface area (Å²) >= 11 is 1.71. The standard InChI is InChI=1S/C16H17NO2S/c18-16(19)15-4-2-1-3-13(15)10-17(14-5-6-14)9-12-7-8-20-11-12/h1-4,7-8,11,14H,5-6,9-10H2,(H,18,19). The quantitative estimate of drug-likeness (QED) is 0.882. The third kappa shape index (κ3) is 3.08. The molecule has 20 heavy (non-hydrogen) atoms. The van der Waals surface area contributed by atoms with Gasteiger partial charge in [0.2, 0.25) is 0 Å². The third-order valence-corrected chi connectivity index (χ3v) is 4.38.